The lowest BCUT2D eigenvalue weighted by Crippen LogP contribution is -2.26. The van der Waals surface area contributed by atoms with E-state index in [1.165, 1.54) is 22.8 Å². The number of nitrogens with one attached hydrogen (secondary N) is 1. The summed E-state index contributed by atoms with van der Waals surface area (Å²) >= 11 is 6.34. The first-order valence-electron chi connectivity index (χ1n) is 7.80. The van der Waals surface area contributed by atoms with Gasteiger partial charge < -0.3 is 10.2 Å². The lowest BCUT2D eigenvalue weighted by molar-refractivity contribution is 0.101. The molecule has 0 aromatic carbocycles. The highest BCUT2D eigenvalue weighted by Gasteiger charge is 2.12. The Bertz CT molecular complexity index is 688. The number of Topliss-reactive ketones (excluding diaryl/α,β-unsaturated/α-hetero) is 2. The quantitative estimate of drug-likeness (QED) is 0.732. The van der Waals surface area contributed by atoms with Crippen molar-refractivity contribution in [3.05, 3.63) is 37.8 Å². The Labute approximate surface area is 159 Å². The molecule has 0 spiro atoms. The molecule has 0 saturated carbocycles. The molecule has 2 aromatic heterocycles. The van der Waals surface area contributed by atoms with Crippen LogP contribution in [0.25, 0.3) is 0 Å². The third-order valence-electron chi connectivity index (χ3n) is 3.51. The van der Waals surface area contributed by atoms with Gasteiger partial charge in [0.1, 0.15) is 0 Å². The maximum atomic E-state index is 11.2. The molecule has 3 heterocycles. The molecule has 7 heteroatoms. The molecule has 130 valence electrons. The van der Waals surface area contributed by atoms with Gasteiger partial charge in [0, 0.05) is 19.6 Å². The molecule has 0 unspecified atom stereocenters. The summed E-state index contributed by atoms with van der Waals surface area (Å²) in [5.41, 5.74) is 0. The standard InChI is InChI=1S/C11H16N2OS.C6H5BrOS/c1-9(14)10-3-4-11(15-10)13-7-2-5-12-6-8-13;1-4(8)5-2-3-6(7)9-5/h3-4,12H,2,5-8H2,1H3;2-3H,1H3. The number of ketones is 2. The molecule has 0 aliphatic carbocycles. The minimum Gasteiger partial charge on any atom is -0.362 e. The van der Waals surface area contributed by atoms with Gasteiger partial charge in [-0.05, 0) is 67.0 Å². The minimum atomic E-state index is 0.130. The SMILES string of the molecule is CC(=O)c1ccc(Br)s1.CC(=O)c1ccc(N2CCCNCC2)s1. The van der Waals surface area contributed by atoms with Crippen molar-refractivity contribution in [1.29, 1.82) is 0 Å². The van der Waals surface area contributed by atoms with Crippen LogP contribution in [0.4, 0.5) is 5.00 Å². The third kappa shape index (κ3) is 5.81. The second-order valence-electron chi connectivity index (χ2n) is 5.44. The predicted molar refractivity (Wildman–Crippen MR) is 106 cm³/mol. The van der Waals surface area contributed by atoms with Crippen molar-refractivity contribution in [1.82, 2.24) is 5.32 Å². The molecule has 0 radical (unpaired) electrons. The van der Waals surface area contributed by atoms with Crippen molar-refractivity contribution in [3.63, 3.8) is 0 Å². The summed E-state index contributed by atoms with van der Waals surface area (Å²) in [7, 11) is 0. The Hall–Kier alpha value is -1.02. The van der Waals surface area contributed by atoms with E-state index < -0.39 is 0 Å². The highest BCUT2D eigenvalue weighted by atomic mass is 79.9. The molecular formula is C17H21BrN2O2S2. The van der Waals surface area contributed by atoms with E-state index in [0.717, 1.165) is 39.7 Å². The largest absolute Gasteiger partial charge is 0.362 e. The maximum Gasteiger partial charge on any atom is 0.169 e. The van der Waals surface area contributed by atoms with Crippen LogP contribution in [0, 0.1) is 0 Å². The van der Waals surface area contributed by atoms with Gasteiger partial charge in [0.15, 0.2) is 11.6 Å². The van der Waals surface area contributed by atoms with Crippen LogP contribution in [0.3, 0.4) is 0 Å². The highest BCUT2D eigenvalue weighted by molar-refractivity contribution is 9.11. The molecule has 3 rings (SSSR count). The molecular weight excluding hydrogens is 408 g/mol. The van der Waals surface area contributed by atoms with Gasteiger partial charge in [0.05, 0.1) is 18.5 Å². The number of halogens is 1. The maximum absolute atomic E-state index is 11.2. The van der Waals surface area contributed by atoms with Gasteiger partial charge in [0.2, 0.25) is 0 Å². The van der Waals surface area contributed by atoms with Crippen LogP contribution < -0.4 is 10.2 Å². The number of hydrogen-bond donors (Lipinski definition) is 1. The van der Waals surface area contributed by atoms with Crippen molar-refractivity contribution in [2.45, 2.75) is 20.3 Å². The zero-order valence-electron chi connectivity index (χ0n) is 13.8. The number of rotatable bonds is 3. The average Bonchev–Trinajstić information content (AvgIpc) is 3.11. The van der Waals surface area contributed by atoms with Gasteiger partial charge in [-0.2, -0.15) is 0 Å². The average molecular weight is 429 g/mol. The summed E-state index contributed by atoms with van der Waals surface area (Å²) < 4.78 is 1.01. The van der Waals surface area contributed by atoms with E-state index in [1.54, 1.807) is 25.2 Å². The lowest BCUT2D eigenvalue weighted by atomic mass is 10.3. The third-order valence-corrected chi connectivity index (χ3v) is 6.48. The molecule has 1 fully saturated rings. The first kappa shape index (κ1) is 19.3. The van der Waals surface area contributed by atoms with Gasteiger partial charge in [-0.3, -0.25) is 9.59 Å². The molecule has 0 amide bonds. The monoisotopic (exact) mass is 428 g/mol. The lowest BCUT2D eigenvalue weighted by Gasteiger charge is -2.19. The van der Waals surface area contributed by atoms with Gasteiger partial charge in [-0.25, -0.2) is 0 Å². The van der Waals surface area contributed by atoms with Crippen LogP contribution in [-0.2, 0) is 0 Å². The number of nitrogens with zero attached hydrogens (tertiary/aromatic N) is 1. The van der Waals surface area contributed by atoms with Crippen molar-refractivity contribution in [3.8, 4) is 0 Å². The molecule has 24 heavy (non-hydrogen) atoms. The smallest absolute Gasteiger partial charge is 0.169 e. The fourth-order valence-corrected chi connectivity index (χ4v) is 4.49. The Morgan fingerprint density at radius 2 is 1.67 bits per heavy atom. The Morgan fingerprint density at radius 1 is 1.00 bits per heavy atom. The summed E-state index contributed by atoms with van der Waals surface area (Å²) in [5, 5.41) is 4.60. The molecule has 1 aliphatic rings. The van der Waals surface area contributed by atoms with Crippen LogP contribution in [0.1, 0.15) is 39.6 Å². The van der Waals surface area contributed by atoms with E-state index in [9.17, 15) is 9.59 Å². The van der Waals surface area contributed by atoms with Crippen molar-refractivity contribution < 1.29 is 9.59 Å². The van der Waals surface area contributed by atoms with Crippen LogP contribution in [0.15, 0.2) is 28.1 Å². The highest BCUT2D eigenvalue weighted by Crippen LogP contribution is 2.26. The Kier molecular flexibility index (Phi) is 7.61. The number of thiophene rings is 2. The summed E-state index contributed by atoms with van der Waals surface area (Å²) in [6, 6.07) is 7.69. The van der Waals surface area contributed by atoms with Crippen LogP contribution in [0.2, 0.25) is 0 Å². The molecule has 1 N–H and O–H groups in total. The normalized spacial score (nSPS) is 14.5. The number of carbonyl (C=O) groups excluding carboxylic acids is 2. The van der Waals surface area contributed by atoms with E-state index in [-0.39, 0.29) is 11.6 Å². The van der Waals surface area contributed by atoms with Crippen LogP contribution in [0.5, 0.6) is 0 Å². The molecule has 4 nitrogen and oxygen atoms in total. The van der Waals surface area contributed by atoms with E-state index >= 15 is 0 Å². The zero-order chi connectivity index (χ0) is 17.5. The predicted octanol–water partition coefficient (Wildman–Crippen LogP) is 4.46. The van der Waals surface area contributed by atoms with Crippen molar-refractivity contribution in [2.24, 2.45) is 0 Å². The minimum absolute atomic E-state index is 0.130. The number of hydrogen-bond acceptors (Lipinski definition) is 6. The first-order valence-corrected chi connectivity index (χ1v) is 10.2. The Morgan fingerprint density at radius 3 is 2.21 bits per heavy atom. The van der Waals surface area contributed by atoms with Crippen molar-refractivity contribution in [2.75, 3.05) is 31.1 Å². The van der Waals surface area contributed by atoms with E-state index in [1.807, 2.05) is 18.2 Å². The van der Waals surface area contributed by atoms with E-state index in [0.29, 0.717) is 0 Å². The van der Waals surface area contributed by atoms with Gasteiger partial charge in [0.25, 0.3) is 0 Å². The first-order chi connectivity index (χ1) is 11.5. The second kappa shape index (κ2) is 9.46. The van der Waals surface area contributed by atoms with E-state index in [4.69, 9.17) is 0 Å². The fraction of sp³-hybridized carbons (Fsp3) is 0.412. The summed E-state index contributed by atoms with van der Waals surface area (Å²) in [6.07, 6.45) is 1.17. The molecule has 1 saturated heterocycles. The fourth-order valence-electron chi connectivity index (χ4n) is 2.26. The zero-order valence-corrected chi connectivity index (χ0v) is 17.0. The van der Waals surface area contributed by atoms with E-state index in [2.05, 4.69) is 32.2 Å². The molecule has 1 aliphatic heterocycles. The number of anilines is 1. The van der Waals surface area contributed by atoms with Gasteiger partial charge in [-0.1, -0.05) is 0 Å². The summed E-state index contributed by atoms with van der Waals surface area (Å²) in [4.78, 5) is 25.9. The summed E-state index contributed by atoms with van der Waals surface area (Å²) in [5.74, 6) is 0.296. The van der Waals surface area contributed by atoms with Crippen LogP contribution >= 0.6 is 38.6 Å². The molecule has 0 atom stereocenters. The second-order valence-corrected chi connectivity index (χ2v) is 8.97. The molecule has 0 bridgehead atoms. The molecule has 2 aromatic rings. The Balaban J connectivity index is 0.000000198. The van der Waals surface area contributed by atoms with Gasteiger partial charge in [-0.15, -0.1) is 22.7 Å². The summed E-state index contributed by atoms with van der Waals surface area (Å²) in [6.45, 7) is 7.45. The topological polar surface area (TPSA) is 49.4 Å². The number of carbonyl (C=O) groups is 2. The van der Waals surface area contributed by atoms with Gasteiger partial charge >= 0.3 is 0 Å². The van der Waals surface area contributed by atoms with Crippen molar-refractivity contribution >= 4 is 55.2 Å². The van der Waals surface area contributed by atoms with Crippen LogP contribution in [-0.4, -0.2) is 37.7 Å².